The van der Waals surface area contributed by atoms with Gasteiger partial charge in [0.25, 0.3) is 5.69 Å². The summed E-state index contributed by atoms with van der Waals surface area (Å²) < 4.78 is 0. The first-order valence-corrected chi connectivity index (χ1v) is 5.92. The van der Waals surface area contributed by atoms with Crippen LogP contribution in [0.3, 0.4) is 0 Å². The number of H-pyrrole nitrogens is 1. The van der Waals surface area contributed by atoms with E-state index in [1.165, 1.54) is 6.07 Å². The van der Waals surface area contributed by atoms with Crippen LogP contribution in [0, 0.1) is 10.1 Å². The van der Waals surface area contributed by atoms with Gasteiger partial charge in [0, 0.05) is 0 Å². The van der Waals surface area contributed by atoms with Gasteiger partial charge in [0.05, 0.1) is 21.5 Å². The monoisotopic (exact) mass is 273 g/mol. The first-order valence-electron chi connectivity index (χ1n) is 5.55. The summed E-state index contributed by atoms with van der Waals surface area (Å²) in [6.07, 6.45) is 0. The lowest BCUT2D eigenvalue weighted by molar-refractivity contribution is -0.384. The Morgan fingerprint density at radius 3 is 2.68 bits per heavy atom. The third-order valence-corrected chi connectivity index (χ3v) is 3.12. The number of hydrogen-bond donors (Lipinski definition) is 1. The van der Waals surface area contributed by atoms with Crippen LogP contribution in [0.2, 0.25) is 5.02 Å². The summed E-state index contributed by atoms with van der Waals surface area (Å²) in [7, 11) is 0. The summed E-state index contributed by atoms with van der Waals surface area (Å²) >= 11 is 5.89. The van der Waals surface area contributed by atoms with E-state index in [1.54, 1.807) is 12.1 Å². The molecule has 0 unspecified atom stereocenters. The minimum Gasteiger partial charge on any atom is -0.338 e. The van der Waals surface area contributed by atoms with Gasteiger partial charge >= 0.3 is 0 Å². The minimum atomic E-state index is -0.495. The molecule has 2 aromatic carbocycles. The topological polar surface area (TPSA) is 71.8 Å². The molecular weight excluding hydrogens is 266 g/mol. The fraction of sp³-hybridized carbons (Fsp3) is 0. The molecule has 1 heterocycles. The highest BCUT2D eigenvalue weighted by atomic mass is 35.5. The zero-order valence-corrected chi connectivity index (χ0v) is 10.4. The van der Waals surface area contributed by atoms with E-state index >= 15 is 0 Å². The van der Waals surface area contributed by atoms with Gasteiger partial charge in [0.15, 0.2) is 0 Å². The quantitative estimate of drug-likeness (QED) is 0.570. The lowest BCUT2D eigenvalue weighted by atomic mass is 10.1. The number of aromatic nitrogens is 2. The van der Waals surface area contributed by atoms with Crippen LogP contribution in [-0.4, -0.2) is 14.9 Å². The molecule has 0 spiro atoms. The van der Waals surface area contributed by atoms with Crippen molar-refractivity contribution in [2.45, 2.75) is 0 Å². The van der Waals surface area contributed by atoms with Gasteiger partial charge in [-0.15, -0.1) is 0 Å². The molecule has 0 saturated carbocycles. The molecule has 3 aromatic rings. The Bertz CT molecular complexity index is 749. The molecule has 0 bridgehead atoms. The molecule has 1 aromatic heterocycles. The predicted molar refractivity (Wildman–Crippen MR) is 73.2 cm³/mol. The van der Waals surface area contributed by atoms with E-state index in [9.17, 15) is 10.1 Å². The van der Waals surface area contributed by atoms with Crippen LogP contribution in [0.4, 0.5) is 5.69 Å². The first-order chi connectivity index (χ1) is 9.16. The van der Waals surface area contributed by atoms with Gasteiger partial charge in [0.2, 0.25) is 0 Å². The maximum Gasteiger partial charge on any atom is 0.298 e. The smallest absolute Gasteiger partial charge is 0.298 e. The van der Waals surface area contributed by atoms with Gasteiger partial charge in [-0.05, 0) is 24.3 Å². The number of nitro groups is 1. The van der Waals surface area contributed by atoms with Crippen LogP contribution in [0.25, 0.3) is 22.4 Å². The van der Waals surface area contributed by atoms with Crippen LogP contribution in [-0.2, 0) is 0 Å². The zero-order valence-electron chi connectivity index (χ0n) is 9.63. The van der Waals surface area contributed by atoms with Gasteiger partial charge in [-0.1, -0.05) is 29.8 Å². The molecule has 0 aliphatic carbocycles. The predicted octanol–water partition coefficient (Wildman–Crippen LogP) is 3.79. The van der Waals surface area contributed by atoms with Crippen molar-refractivity contribution in [3.8, 4) is 11.4 Å². The van der Waals surface area contributed by atoms with Gasteiger partial charge in [0.1, 0.15) is 10.8 Å². The van der Waals surface area contributed by atoms with Crippen LogP contribution in [0.1, 0.15) is 0 Å². The number of imidazole rings is 1. The average molecular weight is 274 g/mol. The standard InChI is InChI=1S/C13H8ClN3O2/c14-9-5-3-4-8(12(9)17(18)19)13-15-10-6-1-2-7-11(10)16-13/h1-7H,(H,15,16). The summed E-state index contributed by atoms with van der Waals surface area (Å²) in [5, 5.41) is 11.2. The molecule has 5 nitrogen and oxygen atoms in total. The SMILES string of the molecule is O=[N+]([O-])c1c(Cl)cccc1-c1nc2ccccc2[nH]1. The fourth-order valence-corrected chi connectivity index (χ4v) is 2.22. The molecule has 0 aliphatic rings. The average Bonchev–Trinajstić information content (AvgIpc) is 2.81. The lowest BCUT2D eigenvalue weighted by Gasteiger charge is -2.00. The first kappa shape index (κ1) is 11.7. The number of fused-ring (bicyclic) bond motifs is 1. The Labute approximate surface area is 113 Å². The highest BCUT2D eigenvalue weighted by molar-refractivity contribution is 6.33. The summed E-state index contributed by atoms with van der Waals surface area (Å²) in [6, 6.07) is 12.2. The van der Waals surface area contributed by atoms with Crippen LogP contribution >= 0.6 is 11.6 Å². The molecule has 0 amide bonds. The van der Waals surface area contributed by atoms with Crippen LogP contribution < -0.4 is 0 Å². The second-order valence-electron chi connectivity index (χ2n) is 4.00. The Hall–Kier alpha value is -2.40. The minimum absolute atomic E-state index is 0.1000. The number of nitrogens with zero attached hydrogens (tertiary/aromatic N) is 2. The van der Waals surface area contributed by atoms with Crippen molar-refractivity contribution in [3.05, 3.63) is 57.6 Å². The molecule has 3 rings (SSSR count). The number of para-hydroxylation sites is 3. The van der Waals surface area contributed by atoms with Crippen molar-refractivity contribution in [2.24, 2.45) is 0 Å². The number of halogens is 1. The van der Waals surface area contributed by atoms with Gasteiger partial charge in [-0.2, -0.15) is 0 Å². The third kappa shape index (κ3) is 1.94. The Balaban J connectivity index is 2.27. The molecular formula is C13H8ClN3O2. The van der Waals surface area contributed by atoms with Crippen LogP contribution in [0.5, 0.6) is 0 Å². The second-order valence-corrected chi connectivity index (χ2v) is 4.40. The molecule has 0 saturated heterocycles. The number of nitro benzene ring substituents is 1. The Morgan fingerprint density at radius 1 is 1.16 bits per heavy atom. The van der Waals surface area contributed by atoms with E-state index in [2.05, 4.69) is 9.97 Å². The summed E-state index contributed by atoms with van der Waals surface area (Å²) in [4.78, 5) is 18.0. The van der Waals surface area contributed by atoms with E-state index in [-0.39, 0.29) is 10.7 Å². The van der Waals surface area contributed by atoms with E-state index < -0.39 is 4.92 Å². The van der Waals surface area contributed by atoms with Gasteiger partial charge < -0.3 is 4.98 Å². The van der Waals surface area contributed by atoms with Crippen molar-refractivity contribution >= 4 is 28.3 Å². The molecule has 1 N–H and O–H groups in total. The van der Waals surface area contributed by atoms with Crippen molar-refractivity contribution in [2.75, 3.05) is 0 Å². The molecule has 6 heteroatoms. The lowest BCUT2D eigenvalue weighted by Crippen LogP contribution is -1.94. The summed E-state index contributed by atoms with van der Waals surface area (Å²) in [5.74, 6) is 0.440. The number of hydrogen-bond acceptors (Lipinski definition) is 3. The van der Waals surface area contributed by atoms with Crippen molar-refractivity contribution < 1.29 is 4.92 Å². The van der Waals surface area contributed by atoms with E-state index in [4.69, 9.17) is 11.6 Å². The fourth-order valence-electron chi connectivity index (χ4n) is 1.97. The molecule has 0 aliphatic heterocycles. The molecule has 0 fully saturated rings. The highest BCUT2D eigenvalue weighted by Gasteiger charge is 2.21. The summed E-state index contributed by atoms with van der Waals surface area (Å²) in [5.41, 5.74) is 1.83. The highest BCUT2D eigenvalue weighted by Crippen LogP contribution is 2.34. The van der Waals surface area contributed by atoms with Crippen molar-refractivity contribution in [1.82, 2.24) is 9.97 Å². The van der Waals surface area contributed by atoms with Gasteiger partial charge in [-0.25, -0.2) is 4.98 Å². The zero-order chi connectivity index (χ0) is 13.4. The molecule has 94 valence electrons. The maximum atomic E-state index is 11.1. The van der Waals surface area contributed by atoms with Crippen molar-refractivity contribution in [3.63, 3.8) is 0 Å². The number of benzene rings is 2. The Morgan fingerprint density at radius 2 is 1.95 bits per heavy atom. The molecule has 0 atom stereocenters. The summed E-state index contributed by atoms with van der Waals surface area (Å²) in [6.45, 7) is 0. The normalized spacial score (nSPS) is 10.8. The van der Waals surface area contributed by atoms with E-state index in [0.717, 1.165) is 11.0 Å². The second kappa shape index (κ2) is 4.37. The largest absolute Gasteiger partial charge is 0.338 e. The van der Waals surface area contributed by atoms with E-state index in [0.29, 0.717) is 11.4 Å². The number of nitrogens with one attached hydrogen (secondary N) is 1. The third-order valence-electron chi connectivity index (χ3n) is 2.81. The number of aromatic amines is 1. The molecule has 0 radical (unpaired) electrons. The maximum absolute atomic E-state index is 11.1. The van der Waals surface area contributed by atoms with E-state index in [1.807, 2.05) is 24.3 Å². The number of rotatable bonds is 2. The van der Waals surface area contributed by atoms with Crippen LogP contribution in [0.15, 0.2) is 42.5 Å². The molecule has 19 heavy (non-hydrogen) atoms. The van der Waals surface area contributed by atoms with Gasteiger partial charge in [-0.3, -0.25) is 10.1 Å². The van der Waals surface area contributed by atoms with Crippen molar-refractivity contribution in [1.29, 1.82) is 0 Å². The Kier molecular flexibility index (Phi) is 2.68.